The number of carbonyl (C=O) groups is 1. The molecule has 1 aromatic carbocycles. The highest BCUT2D eigenvalue weighted by Gasteiger charge is 2.15. The van der Waals surface area contributed by atoms with E-state index in [-0.39, 0.29) is 11.7 Å². The van der Waals surface area contributed by atoms with E-state index in [2.05, 4.69) is 20.6 Å². The summed E-state index contributed by atoms with van der Waals surface area (Å²) in [6, 6.07) is 5.57. The zero-order valence-electron chi connectivity index (χ0n) is 13.8. The van der Waals surface area contributed by atoms with Crippen LogP contribution in [0.4, 0.5) is 15.9 Å². The third-order valence-electron chi connectivity index (χ3n) is 3.43. The molecule has 2 N–H and O–H groups in total. The van der Waals surface area contributed by atoms with Crippen LogP contribution in [0.25, 0.3) is 0 Å². The van der Waals surface area contributed by atoms with Gasteiger partial charge in [-0.1, -0.05) is 13.0 Å². The van der Waals surface area contributed by atoms with Crippen LogP contribution in [-0.2, 0) is 11.2 Å². The van der Waals surface area contributed by atoms with E-state index in [0.29, 0.717) is 11.5 Å². The SMILES string of the molecule is CCc1nc(C)cc(N[C@@H](C)C(=O)Nc2cc(F)ccc2C)n1. The Morgan fingerprint density at radius 1 is 1.26 bits per heavy atom. The normalized spacial score (nSPS) is 11.9. The minimum atomic E-state index is -0.517. The van der Waals surface area contributed by atoms with Crippen molar-refractivity contribution in [3.63, 3.8) is 0 Å². The van der Waals surface area contributed by atoms with Gasteiger partial charge in [-0.25, -0.2) is 14.4 Å². The largest absolute Gasteiger partial charge is 0.359 e. The molecule has 0 aliphatic carbocycles. The van der Waals surface area contributed by atoms with E-state index >= 15 is 0 Å². The number of anilines is 2. The van der Waals surface area contributed by atoms with Crippen molar-refractivity contribution in [1.29, 1.82) is 0 Å². The van der Waals surface area contributed by atoms with Crippen LogP contribution in [0.3, 0.4) is 0 Å². The molecular formula is C17H21FN4O. The second kappa shape index (κ2) is 7.17. The number of nitrogens with one attached hydrogen (secondary N) is 2. The molecule has 0 saturated heterocycles. The molecule has 0 fully saturated rings. The molecule has 1 amide bonds. The maximum absolute atomic E-state index is 13.3. The van der Waals surface area contributed by atoms with Crippen LogP contribution in [0.2, 0.25) is 0 Å². The molecule has 0 aliphatic heterocycles. The lowest BCUT2D eigenvalue weighted by Crippen LogP contribution is -2.32. The summed E-state index contributed by atoms with van der Waals surface area (Å²) in [5.41, 5.74) is 2.11. The van der Waals surface area contributed by atoms with E-state index in [1.54, 1.807) is 19.1 Å². The van der Waals surface area contributed by atoms with Crippen molar-refractivity contribution in [3.05, 3.63) is 47.2 Å². The maximum atomic E-state index is 13.3. The zero-order chi connectivity index (χ0) is 17.0. The molecule has 2 rings (SSSR count). The number of hydrogen-bond donors (Lipinski definition) is 2. The Bertz CT molecular complexity index is 718. The molecule has 1 atom stereocenters. The number of carbonyl (C=O) groups excluding carboxylic acids is 1. The summed E-state index contributed by atoms with van der Waals surface area (Å²) in [6.45, 7) is 7.40. The van der Waals surface area contributed by atoms with Crippen molar-refractivity contribution < 1.29 is 9.18 Å². The van der Waals surface area contributed by atoms with E-state index in [1.165, 1.54) is 12.1 Å². The van der Waals surface area contributed by atoms with Crippen LogP contribution >= 0.6 is 0 Å². The van der Waals surface area contributed by atoms with E-state index in [9.17, 15) is 9.18 Å². The van der Waals surface area contributed by atoms with Crippen molar-refractivity contribution in [3.8, 4) is 0 Å². The Balaban J connectivity index is 2.08. The molecule has 0 spiro atoms. The fourth-order valence-corrected chi connectivity index (χ4v) is 2.12. The Labute approximate surface area is 135 Å². The molecule has 6 heteroatoms. The predicted molar refractivity (Wildman–Crippen MR) is 89.0 cm³/mol. The first-order valence-corrected chi connectivity index (χ1v) is 7.57. The predicted octanol–water partition coefficient (Wildman–Crippen LogP) is 3.23. The van der Waals surface area contributed by atoms with Crippen LogP contribution < -0.4 is 10.6 Å². The van der Waals surface area contributed by atoms with Crippen molar-refractivity contribution in [2.24, 2.45) is 0 Å². The first kappa shape index (κ1) is 16.9. The van der Waals surface area contributed by atoms with Crippen molar-refractivity contribution in [1.82, 2.24) is 9.97 Å². The molecule has 5 nitrogen and oxygen atoms in total. The standard InChI is InChI=1S/C17H21FN4O/c1-5-15-19-11(3)8-16(22-15)20-12(4)17(23)21-14-9-13(18)7-6-10(14)2/h6-9,12H,5H2,1-4H3,(H,21,23)(H,19,20,22)/t12-/m0/s1. The number of benzene rings is 1. The molecule has 0 aliphatic rings. The summed E-state index contributed by atoms with van der Waals surface area (Å²) in [5.74, 6) is 0.688. The monoisotopic (exact) mass is 316 g/mol. The number of aryl methyl sites for hydroxylation is 3. The number of rotatable bonds is 5. The molecule has 122 valence electrons. The molecule has 0 bridgehead atoms. The highest BCUT2D eigenvalue weighted by atomic mass is 19.1. The lowest BCUT2D eigenvalue weighted by Gasteiger charge is -2.16. The lowest BCUT2D eigenvalue weighted by molar-refractivity contribution is -0.116. The molecule has 0 saturated carbocycles. The van der Waals surface area contributed by atoms with Crippen LogP contribution in [0.5, 0.6) is 0 Å². The highest BCUT2D eigenvalue weighted by molar-refractivity contribution is 5.96. The zero-order valence-corrected chi connectivity index (χ0v) is 13.8. The van der Waals surface area contributed by atoms with Gasteiger partial charge in [0.1, 0.15) is 23.5 Å². The molecule has 0 radical (unpaired) electrons. The van der Waals surface area contributed by atoms with Crippen LogP contribution in [-0.4, -0.2) is 21.9 Å². The lowest BCUT2D eigenvalue weighted by atomic mass is 10.2. The first-order chi connectivity index (χ1) is 10.9. The number of amides is 1. The Morgan fingerprint density at radius 3 is 2.70 bits per heavy atom. The fourth-order valence-electron chi connectivity index (χ4n) is 2.12. The number of hydrogen-bond acceptors (Lipinski definition) is 4. The molecular weight excluding hydrogens is 295 g/mol. The van der Waals surface area contributed by atoms with Gasteiger partial charge in [0.2, 0.25) is 5.91 Å². The first-order valence-electron chi connectivity index (χ1n) is 7.57. The number of halogens is 1. The number of nitrogens with zero attached hydrogens (tertiary/aromatic N) is 2. The van der Waals surface area contributed by atoms with Crippen molar-refractivity contribution >= 4 is 17.4 Å². The molecule has 2 aromatic rings. The van der Waals surface area contributed by atoms with Gasteiger partial charge in [-0.15, -0.1) is 0 Å². The summed E-state index contributed by atoms with van der Waals surface area (Å²) >= 11 is 0. The van der Waals surface area contributed by atoms with Gasteiger partial charge in [0.05, 0.1) is 0 Å². The summed E-state index contributed by atoms with van der Waals surface area (Å²) in [6.07, 6.45) is 0.722. The maximum Gasteiger partial charge on any atom is 0.246 e. The summed E-state index contributed by atoms with van der Waals surface area (Å²) in [4.78, 5) is 20.9. The minimum Gasteiger partial charge on any atom is -0.359 e. The highest BCUT2D eigenvalue weighted by Crippen LogP contribution is 2.17. The van der Waals surface area contributed by atoms with E-state index in [1.807, 2.05) is 20.8 Å². The van der Waals surface area contributed by atoms with Gasteiger partial charge >= 0.3 is 0 Å². The van der Waals surface area contributed by atoms with Gasteiger partial charge < -0.3 is 10.6 Å². The smallest absolute Gasteiger partial charge is 0.246 e. The van der Waals surface area contributed by atoms with E-state index < -0.39 is 6.04 Å². The van der Waals surface area contributed by atoms with Crippen molar-refractivity contribution in [2.75, 3.05) is 10.6 Å². The van der Waals surface area contributed by atoms with Gasteiger partial charge in [0, 0.05) is 23.9 Å². The third kappa shape index (κ3) is 4.48. The second-order valence-corrected chi connectivity index (χ2v) is 5.48. The van der Waals surface area contributed by atoms with Gasteiger partial charge in [-0.05, 0) is 38.5 Å². The third-order valence-corrected chi connectivity index (χ3v) is 3.43. The van der Waals surface area contributed by atoms with Gasteiger partial charge in [-0.2, -0.15) is 0 Å². The quantitative estimate of drug-likeness (QED) is 0.888. The fraction of sp³-hybridized carbons (Fsp3) is 0.353. The molecule has 23 heavy (non-hydrogen) atoms. The summed E-state index contributed by atoms with van der Waals surface area (Å²) in [7, 11) is 0. The summed E-state index contributed by atoms with van der Waals surface area (Å²) < 4.78 is 13.3. The molecule has 1 heterocycles. The number of aromatic nitrogens is 2. The van der Waals surface area contributed by atoms with Crippen LogP contribution in [0.1, 0.15) is 30.9 Å². The molecule has 0 unspecified atom stereocenters. The Morgan fingerprint density at radius 2 is 2.00 bits per heavy atom. The van der Waals surface area contributed by atoms with E-state index in [4.69, 9.17) is 0 Å². The average molecular weight is 316 g/mol. The molecule has 1 aromatic heterocycles. The summed E-state index contributed by atoms with van der Waals surface area (Å²) in [5, 5.41) is 5.78. The minimum absolute atomic E-state index is 0.256. The Hall–Kier alpha value is -2.50. The Kier molecular flexibility index (Phi) is 5.26. The van der Waals surface area contributed by atoms with Gasteiger partial charge in [0.15, 0.2) is 0 Å². The second-order valence-electron chi connectivity index (χ2n) is 5.48. The topological polar surface area (TPSA) is 66.9 Å². The van der Waals surface area contributed by atoms with E-state index in [0.717, 1.165) is 23.5 Å². The van der Waals surface area contributed by atoms with Gasteiger partial charge in [0.25, 0.3) is 0 Å². The average Bonchev–Trinajstić information content (AvgIpc) is 2.50. The van der Waals surface area contributed by atoms with Crippen molar-refractivity contribution in [2.45, 2.75) is 40.2 Å². The van der Waals surface area contributed by atoms with Gasteiger partial charge in [-0.3, -0.25) is 4.79 Å². The van der Waals surface area contributed by atoms with Crippen LogP contribution in [0, 0.1) is 19.7 Å². The van der Waals surface area contributed by atoms with Crippen LogP contribution in [0.15, 0.2) is 24.3 Å².